The minimum absolute atomic E-state index is 0.521. The number of aldehydes is 1. The molecule has 3 nitrogen and oxygen atoms in total. The van der Waals surface area contributed by atoms with Gasteiger partial charge in [-0.05, 0) is 23.8 Å². The molecule has 0 atom stereocenters. The summed E-state index contributed by atoms with van der Waals surface area (Å²) in [6.07, 6.45) is 0.774. The maximum atomic E-state index is 10.6. The normalized spacial score (nSPS) is 10.1. The number of nitrogen functional groups attached to an aromatic ring is 2. The van der Waals surface area contributed by atoms with E-state index in [1.54, 1.807) is 6.07 Å². The van der Waals surface area contributed by atoms with E-state index in [1.807, 2.05) is 24.3 Å². The second-order valence-electron chi connectivity index (χ2n) is 3.17. The smallest absolute Gasteiger partial charge is 0.162 e. The largest absolute Gasteiger partial charge is 0.399 e. The van der Waals surface area contributed by atoms with Crippen molar-refractivity contribution in [2.24, 2.45) is 0 Å². The summed E-state index contributed by atoms with van der Waals surface area (Å²) < 4.78 is 0. The van der Waals surface area contributed by atoms with Gasteiger partial charge in [0.2, 0.25) is 0 Å². The van der Waals surface area contributed by atoms with Crippen LogP contribution in [0, 0.1) is 0 Å². The predicted octanol–water partition coefficient (Wildman–Crippen LogP) is 2.39. The van der Waals surface area contributed by atoms with Crippen molar-refractivity contribution in [1.29, 1.82) is 0 Å². The van der Waals surface area contributed by atoms with Crippen molar-refractivity contribution < 1.29 is 4.79 Å². The lowest BCUT2D eigenvalue weighted by molar-refractivity contribution is 0.112. The molecule has 0 radical (unpaired) electrons. The summed E-state index contributed by atoms with van der Waals surface area (Å²) in [6, 6.07) is 9.29. The van der Waals surface area contributed by atoms with E-state index in [0.717, 1.165) is 16.7 Å². The highest BCUT2D eigenvalue weighted by molar-refractivity contribution is 7.17. The number of hydrogen-bond donors (Lipinski definition) is 2. The summed E-state index contributed by atoms with van der Waals surface area (Å²) in [5.74, 6) is 0. The number of carbonyl (C=O) groups is 1. The van der Waals surface area contributed by atoms with Crippen molar-refractivity contribution in [3.05, 3.63) is 35.2 Å². The molecular weight excluding hydrogens is 208 g/mol. The summed E-state index contributed by atoms with van der Waals surface area (Å²) in [6.45, 7) is 0. The molecule has 4 heteroatoms. The molecule has 2 aromatic rings. The average Bonchev–Trinajstić information content (AvgIpc) is 2.60. The molecule has 0 aliphatic heterocycles. The molecule has 4 N–H and O–H groups in total. The maximum Gasteiger partial charge on any atom is 0.162 e. The number of carbonyl (C=O) groups excluding carboxylic acids is 1. The van der Waals surface area contributed by atoms with Crippen LogP contribution in [0.5, 0.6) is 0 Å². The van der Waals surface area contributed by atoms with Gasteiger partial charge in [-0.2, -0.15) is 0 Å². The molecule has 0 spiro atoms. The summed E-state index contributed by atoms with van der Waals surface area (Å²) in [5, 5.41) is 0. The summed E-state index contributed by atoms with van der Waals surface area (Å²) in [7, 11) is 0. The van der Waals surface area contributed by atoms with Crippen molar-refractivity contribution in [3.8, 4) is 10.4 Å². The lowest BCUT2D eigenvalue weighted by Gasteiger charge is -1.97. The minimum atomic E-state index is 0.521. The molecule has 76 valence electrons. The molecule has 0 saturated heterocycles. The van der Waals surface area contributed by atoms with Crippen molar-refractivity contribution in [3.63, 3.8) is 0 Å². The molecular formula is C11H10N2OS. The Hall–Kier alpha value is -1.81. The van der Waals surface area contributed by atoms with Gasteiger partial charge in [0.05, 0.1) is 10.6 Å². The van der Waals surface area contributed by atoms with E-state index in [-0.39, 0.29) is 0 Å². The first kappa shape index (κ1) is 9.73. The molecule has 1 aromatic carbocycles. The van der Waals surface area contributed by atoms with E-state index in [9.17, 15) is 4.79 Å². The monoisotopic (exact) mass is 218 g/mol. The van der Waals surface area contributed by atoms with Gasteiger partial charge in [-0.3, -0.25) is 4.79 Å². The summed E-state index contributed by atoms with van der Waals surface area (Å²) >= 11 is 1.37. The molecule has 0 unspecified atom stereocenters. The van der Waals surface area contributed by atoms with Crippen LogP contribution in [0.4, 0.5) is 11.4 Å². The number of benzene rings is 1. The first-order valence-corrected chi connectivity index (χ1v) is 5.23. The zero-order valence-corrected chi connectivity index (χ0v) is 8.75. The van der Waals surface area contributed by atoms with Crippen LogP contribution in [0.25, 0.3) is 10.4 Å². The number of nitrogens with two attached hydrogens (primary N) is 2. The van der Waals surface area contributed by atoms with Gasteiger partial charge in [-0.25, -0.2) is 0 Å². The van der Waals surface area contributed by atoms with Gasteiger partial charge in [-0.15, -0.1) is 11.3 Å². The first-order valence-electron chi connectivity index (χ1n) is 4.41. The molecule has 0 amide bonds. The summed E-state index contributed by atoms with van der Waals surface area (Å²) in [5.41, 5.74) is 13.6. The Labute approximate surface area is 91.3 Å². The zero-order chi connectivity index (χ0) is 10.8. The molecule has 0 aliphatic rings. The van der Waals surface area contributed by atoms with Crippen molar-refractivity contribution in [1.82, 2.24) is 0 Å². The second-order valence-corrected chi connectivity index (χ2v) is 4.26. The van der Waals surface area contributed by atoms with Gasteiger partial charge < -0.3 is 11.5 Å². The average molecular weight is 218 g/mol. The van der Waals surface area contributed by atoms with Crippen molar-refractivity contribution in [2.45, 2.75) is 0 Å². The van der Waals surface area contributed by atoms with E-state index in [2.05, 4.69) is 0 Å². The molecule has 0 aliphatic carbocycles. The molecule has 1 aromatic heterocycles. The number of thiophene rings is 1. The Balaban J connectivity index is 2.49. The predicted molar refractivity (Wildman–Crippen MR) is 64.0 cm³/mol. The molecule has 15 heavy (non-hydrogen) atoms. The van der Waals surface area contributed by atoms with Gasteiger partial charge in [0, 0.05) is 10.6 Å². The molecule has 0 bridgehead atoms. The third-order valence-corrected chi connectivity index (χ3v) is 3.19. The van der Waals surface area contributed by atoms with E-state index < -0.39 is 0 Å². The highest BCUT2D eigenvalue weighted by Crippen LogP contribution is 2.32. The first-order chi connectivity index (χ1) is 7.20. The van der Waals surface area contributed by atoms with Gasteiger partial charge in [0.1, 0.15) is 0 Å². The molecule has 0 saturated carbocycles. The van der Waals surface area contributed by atoms with Crippen LogP contribution in [0.3, 0.4) is 0 Å². The zero-order valence-electron chi connectivity index (χ0n) is 7.94. The second kappa shape index (κ2) is 3.74. The van der Waals surface area contributed by atoms with Crippen LogP contribution in [-0.4, -0.2) is 6.29 Å². The third-order valence-electron chi connectivity index (χ3n) is 2.07. The highest BCUT2D eigenvalue weighted by atomic mass is 32.1. The minimum Gasteiger partial charge on any atom is -0.399 e. The Bertz CT molecular complexity index is 505. The van der Waals surface area contributed by atoms with E-state index >= 15 is 0 Å². The van der Waals surface area contributed by atoms with Gasteiger partial charge in [0.25, 0.3) is 0 Å². The fraction of sp³-hybridized carbons (Fsp3) is 0. The van der Waals surface area contributed by atoms with E-state index in [1.165, 1.54) is 11.3 Å². The number of hydrogen-bond acceptors (Lipinski definition) is 4. The quantitative estimate of drug-likeness (QED) is 0.600. The van der Waals surface area contributed by atoms with E-state index in [0.29, 0.717) is 16.3 Å². The molecule has 2 rings (SSSR count). The Morgan fingerprint density at radius 3 is 2.60 bits per heavy atom. The van der Waals surface area contributed by atoms with Crippen LogP contribution in [-0.2, 0) is 0 Å². The van der Waals surface area contributed by atoms with Gasteiger partial charge >= 0.3 is 0 Å². The van der Waals surface area contributed by atoms with Crippen LogP contribution in [0.15, 0.2) is 30.3 Å². The Morgan fingerprint density at radius 1 is 1.20 bits per heavy atom. The lowest BCUT2D eigenvalue weighted by atomic mass is 10.1. The summed E-state index contributed by atoms with van der Waals surface area (Å²) in [4.78, 5) is 12.2. The molecule has 1 heterocycles. The highest BCUT2D eigenvalue weighted by Gasteiger charge is 2.07. The Morgan fingerprint density at radius 2 is 2.00 bits per heavy atom. The standard InChI is InChI=1S/C11H10N2OS/c12-8-3-1-2-7(4-8)10-5-9(13)11(6-14)15-10/h1-6H,12-13H2. The Kier molecular flexibility index (Phi) is 2.43. The number of rotatable bonds is 2. The van der Waals surface area contributed by atoms with Crippen LogP contribution in [0.1, 0.15) is 9.67 Å². The third kappa shape index (κ3) is 1.85. The number of anilines is 2. The van der Waals surface area contributed by atoms with E-state index in [4.69, 9.17) is 11.5 Å². The SMILES string of the molecule is Nc1cccc(-c2cc(N)c(C=O)s2)c1. The van der Waals surface area contributed by atoms with Gasteiger partial charge in [0.15, 0.2) is 6.29 Å². The fourth-order valence-corrected chi connectivity index (χ4v) is 2.24. The van der Waals surface area contributed by atoms with Crippen LogP contribution < -0.4 is 11.5 Å². The van der Waals surface area contributed by atoms with Gasteiger partial charge in [-0.1, -0.05) is 12.1 Å². The van der Waals surface area contributed by atoms with Crippen molar-refractivity contribution >= 4 is 29.0 Å². The van der Waals surface area contributed by atoms with Crippen LogP contribution >= 0.6 is 11.3 Å². The van der Waals surface area contributed by atoms with Crippen LogP contribution in [0.2, 0.25) is 0 Å². The lowest BCUT2D eigenvalue weighted by Crippen LogP contribution is -1.84. The maximum absolute atomic E-state index is 10.6. The fourth-order valence-electron chi connectivity index (χ4n) is 1.35. The van der Waals surface area contributed by atoms with Crippen molar-refractivity contribution in [2.75, 3.05) is 11.5 Å². The topological polar surface area (TPSA) is 69.1 Å². The molecule has 0 fully saturated rings.